The van der Waals surface area contributed by atoms with Crippen LogP contribution in [0, 0.1) is 11.3 Å². The molecule has 1 amide bonds. The molecule has 152 valence electrons. The van der Waals surface area contributed by atoms with Crippen molar-refractivity contribution in [3.63, 3.8) is 0 Å². The summed E-state index contributed by atoms with van der Waals surface area (Å²) in [5, 5.41) is 10.7. The molecule has 0 radical (unpaired) electrons. The number of pyridine rings is 1. The van der Waals surface area contributed by atoms with Crippen LogP contribution in [0.3, 0.4) is 0 Å². The van der Waals surface area contributed by atoms with Crippen LogP contribution in [-0.4, -0.2) is 29.9 Å². The maximum atomic E-state index is 12.7. The second-order valence-electron chi connectivity index (χ2n) is 7.55. The predicted molar refractivity (Wildman–Crippen MR) is 111 cm³/mol. The number of benzene rings is 1. The van der Waals surface area contributed by atoms with Gasteiger partial charge < -0.3 is 30.5 Å². The van der Waals surface area contributed by atoms with E-state index in [4.69, 9.17) is 20.6 Å². The quantitative estimate of drug-likeness (QED) is 0.686. The highest BCUT2D eigenvalue weighted by Gasteiger charge is 2.37. The average Bonchev–Trinajstić information content (AvgIpc) is 3.25. The highest BCUT2D eigenvalue weighted by atomic mass is 16.5. The highest BCUT2D eigenvalue weighted by Crippen LogP contribution is 2.45. The fourth-order valence-corrected chi connectivity index (χ4v) is 4.24. The lowest BCUT2D eigenvalue weighted by Gasteiger charge is -2.31. The van der Waals surface area contributed by atoms with Crippen molar-refractivity contribution in [2.45, 2.75) is 31.8 Å². The molecule has 1 aliphatic carbocycles. The number of nitrogens with two attached hydrogens (primary N) is 1. The first kappa shape index (κ1) is 19.0. The monoisotopic (exact) mass is 396 g/mol. The molecule has 0 unspecified atom stereocenters. The molecule has 1 saturated carbocycles. The van der Waals surface area contributed by atoms with Crippen LogP contribution in [0.2, 0.25) is 0 Å². The number of nitrogens with one attached hydrogen (secondary N) is 2. The van der Waals surface area contributed by atoms with E-state index in [1.54, 1.807) is 25.4 Å². The SMILES string of the molecule is COc1cc2c(c(-c3cn(C)c(=O)c(N)c3C=N)c1)O[C@@H](C1CCCC1)C(=O)N2. The zero-order valence-corrected chi connectivity index (χ0v) is 16.5. The third kappa shape index (κ3) is 3.14. The van der Waals surface area contributed by atoms with Crippen LogP contribution in [0.1, 0.15) is 31.2 Å². The van der Waals surface area contributed by atoms with Gasteiger partial charge in [-0.15, -0.1) is 0 Å². The first-order chi connectivity index (χ1) is 13.9. The Hall–Kier alpha value is -3.29. The minimum absolute atomic E-state index is 0.0104. The van der Waals surface area contributed by atoms with Gasteiger partial charge in [-0.1, -0.05) is 12.8 Å². The minimum atomic E-state index is -0.564. The van der Waals surface area contributed by atoms with Crippen LogP contribution >= 0.6 is 0 Å². The van der Waals surface area contributed by atoms with Crippen molar-refractivity contribution in [2.75, 3.05) is 18.2 Å². The van der Waals surface area contributed by atoms with Crippen LogP contribution in [0.15, 0.2) is 23.1 Å². The summed E-state index contributed by atoms with van der Waals surface area (Å²) in [7, 11) is 3.14. The second kappa shape index (κ2) is 7.27. The zero-order valence-electron chi connectivity index (χ0n) is 16.5. The van der Waals surface area contributed by atoms with Gasteiger partial charge in [0.2, 0.25) is 0 Å². The summed E-state index contributed by atoms with van der Waals surface area (Å²) in [6, 6.07) is 3.48. The lowest BCUT2D eigenvalue weighted by Crippen LogP contribution is -2.41. The van der Waals surface area contributed by atoms with Gasteiger partial charge in [-0.2, -0.15) is 0 Å². The Morgan fingerprint density at radius 2 is 2.00 bits per heavy atom. The maximum absolute atomic E-state index is 12.7. The molecule has 1 atom stereocenters. The largest absolute Gasteiger partial charge is 0.497 e. The van der Waals surface area contributed by atoms with Crippen molar-refractivity contribution >= 4 is 23.5 Å². The Morgan fingerprint density at radius 1 is 1.28 bits per heavy atom. The molecule has 1 fully saturated rings. The number of hydrogen-bond donors (Lipinski definition) is 3. The molecular weight excluding hydrogens is 372 g/mol. The number of carbonyl (C=O) groups excluding carboxylic acids is 1. The molecule has 8 heteroatoms. The van der Waals surface area contributed by atoms with Crippen molar-refractivity contribution in [1.82, 2.24) is 4.57 Å². The molecule has 4 rings (SSSR count). The van der Waals surface area contributed by atoms with Crippen LogP contribution in [-0.2, 0) is 11.8 Å². The number of rotatable bonds is 4. The fourth-order valence-electron chi connectivity index (χ4n) is 4.24. The summed E-state index contributed by atoms with van der Waals surface area (Å²) in [6.07, 6.45) is 6.22. The zero-order chi connectivity index (χ0) is 20.7. The number of anilines is 2. The number of fused-ring (bicyclic) bond motifs is 1. The van der Waals surface area contributed by atoms with Gasteiger partial charge >= 0.3 is 0 Å². The first-order valence-electron chi connectivity index (χ1n) is 9.64. The van der Waals surface area contributed by atoms with Crippen molar-refractivity contribution in [3.8, 4) is 22.6 Å². The summed E-state index contributed by atoms with van der Waals surface area (Å²) in [5.41, 5.74) is 7.61. The number of amides is 1. The van der Waals surface area contributed by atoms with Gasteiger partial charge in [-0.05, 0) is 18.9 Å². The molecule has 1 aliphatic heterocycles. The Morgan fingerprint density at radius 3 is 2.66 bits per heavy atom. The fraction of sp³-hybridized carbons (Fsp3) is 0.381. The topological polar surface area (TPSA) is 119 Å². The van der Waals surface area contributed by atoms with E-state index < -0.39 is 6.10 Å². The van der Waals surface area contributed by atoms with Gasteiger partial charge in [-0.3, -0.25) is 9.59 Å². The Labute approximate surface area is 168 Å². The Kier molecular flexibility index (Phi) is 4.77. The number of nitrogens with zero attached hydrogens (tertiary/aromatic N) is 1. The van der Waals surface area contributed by atoms with E-state index in [-0.39, 0.29) is 23.1 Å². The lowest BCUT2D eigenvalue weighted by molar-refractivity contribution is -0.125. The third-order valence-corrected chi connectivity index (χ3v) is 5.78. The van der Waals surface area contributed by atoms with E-state index in [0.29, 0.717) is 33.9 Å². The van der Waals surface area contributed by atoms with Crippen molar-refractivity contribution in [1.29, 1.82) is 5.41 Å². The van der Waals surface area contributed by atoms with Gasteiger partial charge in [0.15, 0.2) is 11.9 Å². The van der Waals surface area contributed by atoms with E-state index in [2.05, 4.69) is 5.32 Å². The Balaban J connectivity index is 1.92. The van der Waals surface area contributed by atoms with Crippen molar-refractivity contribution < 1.29 is 14.3 Å². The summed E-state index contributed by atoms with van der Waals surface area (Å²) in [5.74, 6) is 1.04. The number of methoxy groups -OCH3 is 1. The van der Waals surface area contributed by atoms with Gasteiger partial charge in [-0.25, -0.2) is 0 Å². The smallest absolute Gasteiger partial charge is 0.274 e. The van der Waals surface area contributed by atoms with E-state index in [1.165, 1.54) is 11.7 Å². The molecule has 4 N–H and O–H groups in total. The lowest BCUT2D eigenvalue weighted by atomic mass is 9.95. The molecule has 0 saturated heterocycles. The first-order valence-corrected chi connectivity index (χ1v) is 9.64. The van der Waals surface area contributed by atoms with Gasteiger partial charge in [0.1, 0.15) is 11.4 Å². The molecule has 2 aliphatic rings. The van der Waals surface area contributed by atoms with Crippen LogP contribution in [0.4, 0.5) is 11.4 Å². The standard InChI is InChI=1S/C21H24N4O4/c1-25-10-15(14(9-22)17(23)21(25)27)13-7-12(28-2)8-16-19(13)29-18(20(26)24-16)11-5-3-4-6-11/h7-11,18,22H,3-6,23H2,1-2H3,(H,24,26)/t18-/m0/s1. The molecule has 1 aromatic heterocycles. The molecule has 29 heavy (non-hydrogen) atoms. The van der Waals surface area contributed by atoms with Gasteiger partial charge in [0, 0.05) is 48.1 Å². The summed E-state index contributed by atoms with van der Waals surface area (Å²) in [6.45, 7) is 0. The van der Waals surface area contributed by atoms with Gasteiger partial charge in [0.25, 0.3) is 11.5 Å². The summed E-state index contributed by atoms with van der Waals surface area (Å²) >= 11 is 0. The van der Waals surface area contributed by atoms with Crippen LogP contribution in [0.25, 0.3) is 11.1 Å². The normalized spacial score (nSPS) is 18.7. The number of hydrogen-bond acceptors (Lipinski definition) is 6. The number of nitrogen functional groups attached to an aromatic ring is 1. The molecule has 2 heterocycles. The predicted octanol–water partition coefficient (Wildman–Crippen LogP) is 2.53. The van der Waals surface area contributed by atoms with Crippen LogP contribution < -0.4 is 26.1 Å². The molecule has 8 nitrogen and oxygen atoms in total. The molecule has 1 aromatic carbocycles. The van der Waals surface area contributed by atoms with E-state index >= 15 is 0 Å². The summed E-state index contributed by atoms with van der Waals surface area (Å²) < 4.78 is 13.0. The van der Waals surface area contributed by atoms with Crippen molar-refractivity contribution in [3.05, 3.63) is 34.2 Å². The number of carbonyl (C=O) groups is 1. The number of ether oxygens (including phenoxy) is 2. The second-order valence-corrected chi connectivity index (χ2v) is 7.55. The van der Waals surface area contributed by atoms with E-state index in [0.717, 1.165) is 31.9 Å². The molecular formula is C21H24N4O4. The maximum Gasteiger partial charge on any atom is 0.274 e. The van der Waals surface area contributed by atoms with Crippen LogP contribution in [0.5, 0.6) is 11.5 Å². The summed E-state index contributed by atoms with van der Waals surface area (Å²) in [4.78, 5) is 24.9. The molecule has 0 bridgehead atoms. The number of aromatic nitrogens is 1. The van der Waals surface area contributed by atoms with Crippen molar-refractivity contribution in [2.24, 2.45) is 13.0 Å². The average molecular weight is 396 g/mol. The molecule has 2 aromatic rings. The van der Waals surface area contributed by atoms with E-state index in [9.17, 15) is 9.59 Å². The highest BCUT2D eigenvalue weighted by molar-refractivity contribution is 6.02. The van der Waals surface area contributed by atoms with Gasteiger partial charge in [0.05, 0.1) is 12.8 Å². The number of aryl methyl sites for hydroxylation is 1. The minimum Gasteiger partial charge on any atom is -0.497 e. The van der Waals surface area contributed by atoms with E-state index in [1.807, 2.05) is 0 Å². The molecule has 0 spiro atoms. The third-order valence-electron chi connectivity index (χ3n) is 5.78. The Bertz CT molecular complexity index is 1050.